The third-order valence-electron chi connectivity index (χ3n) is 10.9. The van der Waals surface area contributed by atoms with Crippen LogP contribution in [0.3, 0.4) is 0 Å². The molecule has 7 rings (SSSR count). The van der Waals surface area contributed by atoms with Gasteiger partial charge in [0.1, 0.15) is 38.3 Å². The van der Waals surface area contributed by atoms with E-state index in [9.17, 15) is 80.2 Å². The molecule has 6 aromatic carbocycles. The molecule has 2 atom stereocenters. The Morgan fingerprint density at radius 3 is 1.17 bits per heavy atom. The molecule has 2 unspecified atom stereocenters. The number of nitrogens with one attached hydrogen (secondary N) is 2. The number of phenolic OH excluding ortho intramolecular Hbond substituents is 2. The fraction of sp³-hybridized carbons (Fsp3) is 0.0851. The average Bonchev–Trinajstić information content (AvgIpc) is 3.33. The number of carboxylic acids is 4. The number of aliphatic carboxylic acids is 4. The third-order valence-corrected chi connectivity index (χ3v) is 12.7. The van der Waals surface area contributed by atoms with Gasteiger partial charge in [0.05, 0.1) is 36.1 Å². The minimum Gasteiger partial charge on any atom is -0.508 e. The summed E-state index contributed by atoms with van der Waals surface area (Å²) in [6, 6.07) is 21.1. The Bertz CT molecular complexity index is 3590. The molecule has 0 saturated heterocycles. The number of aromatic nitrogens is 1. The first-order chi connectivity index (χ1) is 35.3. The zero-order chi connectivity index (χ0) is 54.7. The zero-order valence-corrected chi connectivity index (χ0v) is 39.3. The SMILES string of the molecule is O=C(O)CC(C(=O)O)c1ccc(N=Nc2c(S(=O)(=O)O)cc3cc(NC(=O)c4cc(O)cc(C(=O)Nc5ccc6c(O)c(N=Nc7ccc(C(CC(=O)O)C(=O)O)cc7)c(S(=O)(=O)O)cc6c5)n4)ccc3c2O)cc1. The molecule has 0 aliphatic heterocycles. The summed E-state index contributed by atoms with van der Waals surface area (Å²) in [5, 5.41) is 89.8. The van der Waals surface area contributed by atoms with E-state index in [4.69, 9.17) is 10.2 Å². The smallest absolute Gasteiger partial charge is 0.311 e. The van der Waals surface area contributed by atoms with Crippen molar-refractivity contribution in [3.63, 3.8) is 0 Å². The summed E-state index contributed by atoms with van der Waals surface area (Å²) in [5.41, 5.74) is -2.27. The largest absolute Gasteiger partial charge is 0.508 e. The van der Waals surface area contributed by atoms with Crippen molar-refractivity contribution in [1.29, 1.82) is 0 Å². The van der Waals surface area contributed by atoms with Gasteiger partial charge in [0.25, 0.3) is 32.1 Å². The maximum absolute atomic E-state index is 13.5. The molecule has 75 heavy (non-hydrogen) atoms. The van der Waals surface area contributed by atoms with E-state index in [-0.39, 0.29) is 55.4 Å². The minimum atomic E-state index is -5.12. The molecule has 1 heterocycles. The molecule has 0 aliphatic rings. The molecule has 0 bridgehead atoms. The Morgan fingerprint density at radius 2 is 0.853 bits per heavy atom. The predicted octanol–water partition coefficient (Wildman–Crippen LogP) is 7.62. The normalized spacial score (nSPS) is 12.7. The van der Waals surface area contributed by atoms with Gasteiger partial charge in [-0.05, 0) is 94.7 Å². The maximum Gasteiger partial charge on any atom is 0.311 e. The van der Waals surface area contributed by atoms with Gasteiger partial charge in [-0.1, -0.05) is 24.3 Å². The Morgan fingerprint density at radius 1 is 0.493 bits per heavy atom. The van der Waals surface area contributed by atoms with Gasteiger partial charge < -0.3 is 46.4 Å². The number of carboxylic acid groups (broad SMARTS) is 4. The van der Waals surface area contributed by atoms with Crippen LogP contribution >= 0.6 is 0 Å². The van der Waals surface area contributed by atoms with Crippen molar-refractivity contribution in [1.82, 2.24) is 4.98 Å². The van der Waals surface area contributed by atoms with Crippen LogP contribution in [-0.2, 0) is 39.4 Å². The number of carbonyl (C=O) groups is 6. The minimum absolute atomic E-state index is 0.0167. The number of hydrogen-bond acceptors (Lipinski definition) is 18. The maximum atomic E-state index is 13.5. The van der Waals surface area contributed by atoms with Crippen LogP contribution in [0.5, 0.6) is 17.2 Å². The van der Waals surface area contributed by atoms with E-state index in [0.717, 1.165) is 24.3 Å². The first kappa shape index (κ1) is 53.0. The number of benzene rings is 6. The number of azo groups is 2. The summed E-state index contributed by atoms with van der Waals surface area (Å²) in [5.74, 6) is -12.4. The molecule has 0 aliphatic carbocycles. The van der Waals surface area contributed by atoms with Crippen LogP contribution in [0.25, 0.3) is 21.5 Å². The van der Waals surface area contributed by atoms with E-state index in [1.54, 1.807) is 0 Å². The lowest BCUT2D eigenvalue weighted by molar-refractivity contribution is -0.145. The van der Waals surface area contributed by atoms with E-state index in [1.807, 2.05) is 0 Å². The van der Waals surface area contributed by atoms with Crippen LogP contribution < -0.4 is 10.6 Å². The highest BCUT2D eigenvalue weighted by molar-refractivity contribution is 7.86. The lowest BCUT2D eigenvalue weighted by atomic mass is 9.96. The van der Waals surface area contributed by atoms with Crippen molar-refractivity contribution in [3.8, 4) is 17.2 Å². The van der Waals surface area contributed by atoms with Crippen LogP contribution in [0.1, 0.15) is 56.8 Å². The molecule has 0 radical (unpaired) electrons. The van der Waals surface area contributed by atoms with Crippen LogP contribution in [0.2, 0.25) is 0 Å². The number of phenols is 2. The summed E-state index contributed by atoms with van der Waals surface area (Å²) in [6.45, 7) is 0. The molecule has 0 spiro atoms. The Hall–Kier alpha value is -9.77. The van der Waals surface area contributed by atoms with Gasteiger partial charge >= 0.3 is 23.9 Å². The fourth-order valence-corrected chi connectivity index (χ4v) is 8.71. The molecular weight excluding hydrogens is 1030 g/mol. The number of carbonyl (C=O) groups excluding carboxylic acids is 2. The van der Waals surface area contributed by atoms with Crippen LogP contribution in [0, 0.1) is 0 Å². The molecule has 0 fully saturated rings. The number of pyridine rings is 1. The van der Waals surface area contributed by atoms with Crippen LogP contribution in [-0.4, -0.2) is 102 Å². The second-order valence-corrected chi connectivity index (χ2v) is 18.8. The highest BCUT2D eigenvalue weighted by Gasteiger charge is 2.27. The van der Waals surface area contributed by atoms with Gasteiger partial charge in [0.2, 0.25) is 0 Å². The quantitative estimate of drug-likeness (QED) is 0.0291. The summed E-state index contributed by atoms with van der Waals surface area (Å²) in [7, 11) is -10.2. The number of aromatic hydroxyl groups is 3. The van der Waals surface area contributed by atoms with Gasteiger partial charge in [0, 0.05) is 34.3 Å². The lowest BCUT2D eigenvalue weighted by Crippen LogP contribution is -2.18. The Balaban J connectivity index is 1.09. The summed E-state index contributed by atoms with van der Waals surface area (Å²) in [4.78, 5) is 74.5. The monoisotopic (exact) mass is 1070 g/mol. The first-order valence-electron chi connectivity index (χ1n) is 21.1. The molecule has 7 aromatic rings. The van der Waals surface area contributed by atoms with Gasteiger partial charge in [-0.15, -0.1) is 10.2 Å². The van der Waals surface area contributed by atoms with E-state index in [2.05, 4.69) is 36.1 Å². The highest BCUT2D eigenvalue weighted by Crippen LogP contribution is 2.44. The molecule has 26 nitrogen and oxygen atoms in total. The van der Waals surface area contributed by atoms with Crippen molar-refractivity contribution in [2.45, 2.75) is 34.5 Å². The van der Waals surface area contributed by atoms with E-state index in [0.29, 0.717) is 0 Å². The lowest BCUT2D eigenvalue weighted by Gasteiger charge is -2.12. The van der Waals surface area contributed by atoms with Crippen molar-refractivity contribution < 1.29 is 90.5 Å². The van der Waals surface area contributed by atoms with Gasteiger partial charge in [-0.2, -0.15) is 27.1 Å². The van der Waals surface area contributed by atoms with Gasteiger partial charge in [-0.3, -0.25) is 37.9 Å². The molecule has 11 N–H and O–H groups in total. The number of hydrogen-bond donors (Lipinski definition) is 11. The van der Waals surface area contributed by atoms with E-state index >= 15 is 0 Å². The Kier molecular flexibility index (Phi) is 14.9. The van der Waals surface area contributed by atoms with Crippen molar-refractivity contribution >= 4 is 112 Å². The number of anilines is 2. The van der Waals surface area contributed by atoms with Crippen molar-refractivity contribution in [2.24, 2.45) is 20.5 Å². The average molecular weight is 1070 g/mol. The molecular formula is C47H35N7O19S2. The molecule has 1 aromatic heterocycles. The molecule has 28 heteroatoms. The summed E-state index contributed by atoms with van der Waals surface area (Å²) >= 11 is 0. The number of rotatable bonds is 18. The van der Waals surface area contributed by atoms with Gasteiger partial charge in [-0.25, -0.2) is 4.98 Å². The second-order valence-electron chi connectivity index (χ2n) is 16.0. The van der Waals surface area contributed by atoms with Crippen LogP contribution in [0.4, 0.5) is 34.1 Å². The van der Waals surface area contributed by atoms with Crippen molar-refractivity contribution in [2.75, 3.05) is 10.6 Å². The van der Waals surface area contributed by atoms with E-state index in [1.165, 1.54) is 84.9 Å². The fourth-order valence-electron chi connectivity index (χ4n) is 7.39. The molecule has 384 valence electrons. The number of fused-ring (bicyclic) bond motifs is 2. The predicted molar refractivity (Wildman–Crippen MR) is 259 cm³/mol. The number of amides is 2. The summed E-state index contributed by atoms with van der Waals surface area (Å²) < 4.78 is 70.2. The topological polar surface area (TPSA) is 439 Å². The van der Waals surface area contributed by atoms with Crippen LogP contribution in [0.15, 0.2) is 139 Å². The van der Waals surface area contributed by atoms with Gasteiger partial charge in [0.15, 0.2) is 11.5 Å². The molecule has 2 amide bonds. The number of nitrogens with zero attached hydrogens (tertiary/aromatic N) is 5. The third kappa shape index (κ3) is 12.3. The second kappa shape index (κ2) is 21.1. The molecule has 0 saturated carbocycles. The standard InChI is InChI=1S/C47H35N7O19S2/c55-29-17-34(44(62)48-27-9-11-30-23(13-27)15-36(74(68,69)70)40(42(30)60)53-51-25-5-1-21(2-6-25)32(46(64)65)19-38(56)57)50-35(18-29)45(63)49-28-10-12-31-24(14-28)16-37(75(71,72)73)41(43(31)61)54-52-26-7-3-22(4-8-26)33(47(66)67)20-39(58)59/h1-18,32-33,60-61H,19-20H2,(H,48,62)(H,49,63)(H,50,55)(H,56,57)(H,58,59)(H,64,65)(H,66,67)(H,68,69,70)(H,71,72,73). The van der Waals surface area contributed by atoms with E-state index < -0.39 is 130 Å². The zero-order valence-electron chi connectivity index (χ0n) is 37.6. The Labute approximate surface area is 420 Å². The summed E-state index contributed by atoms with van der Waals surface area (Å²) in [6.07, 6.45) is -1.42. The highest BCUT2D eigenvalue weighted by atomic mass is 32.2. The first-order valence-corrected chi connectivity index (χ1v) is 24.0. The van der Waals surface area contributed by atoms with Crippen molar-refractivity contribution in [3.05, 3.63) is 132 Å².